The second-order valence-electron chi connectivity index (χ2n) is 7.57. The van der Waals surface area contributed by atoms with E-state index in [1.807, 2.05) is 80.7 Å². The van der Waals surface area contributed by atoms with Gasteiger partial charge in [-0.15, -0.1) is 0 Å². The van der Waals surface area contributed by atoms with E-state index in [9.17, 15) is 0 Å². The van der Waals surface area contributed by atoms with E-state index in [4.69, 9.17) is 19.2 Å². The second kappa shape index (κ2) is 8.88. The summed E-state index contributed by atoms with van der Waals surface area (Å²) >= 11 is 0. The van der Waals surface area contributed by atoms with Gasteiger partial charge >= 0.3 is 6.10 Å². The fraction of sp³-hybridized carbons (Fsp3) is 0.280. The van der Waals surface area contributed by atoms with E-state index in [-0.39, 0.29) is 6.10 Å². The number of pyridine rings is 2. The molecule has 0 radical (unpaired) electrons. The van der Waals surface area contributed by atoms with Gasteiger partial charge in [-0.25, -0.2) is 4.89 Å². The standard InChI is InChI=1S/C22H19N2O4.C3H8/c1-15(2)27-28-22(25-18-11-3-7-16-9-5-13-23-20(16)18)24-14-6-10-17-8-4-12-19(26-22)21(17)24;1-3-2/h3-15H,1-2H3;3H2,1-2H3/q+1;. The predicted molar refractivity (Wildman–Crippen MR) is 118 cm³/mol. The van der Waals surface area contributed by atoms with E-state index in [1.165, 1.54) is 6.42 Å². The Kier molecular flexibility index (Phi) is 6.02. The van der Waals surface area contributed by atoms with Crippen molar-refractivity contribution in [3.05, 3.63) is 73.1 Å². The van der Waals surface area contributed by atoms with Crippen molar-refractivity contribution < 1.29 is 23.8 Å². The van der Waals surface area contributed by atoms with Crippen molar-refractivity contribution in [2.24, 2.45) is 0 Å². The first-order valence-corrected chi connectivity index (χ1v) is 10.6. The molecule has 31 heavy (non-hydrogen) atoms. The summed E-state index contributed by atoms with van der Waals surface area (Å²) in [5.41, 5.74) is 1.58. The van der Waals surface area contributed by atoms with Crippen molar-refractivity contribution in [2.75, 3.05) is 0 Å². The number of hydrogen-bond acceptors (Lipinski definition) is 5. The van der Waals surface area contributed by atoms with Gasteiger partial charge < -0.3 is 9.47 Å². The van der Waals surface area contributed by atoms with Gasteiger partial charge in [0, 0.05) is 17.6 Å². The van der Waals surface area contributed by atoms with Gasteiger partial charge in [0.05, 0.1) is 11.5 Å². The zero-order chi connectivity index (χ0) is 21.8. The molecule has 1 aliphatic heterocycles. The molecule has 4 aromatic rings. The van der Waals surface area contributed by atoms with Crippen LogP contribution in [0.5, 0.6) is 11.5 Å². The maximum Gasteiger partial charge on any atom is 0.647 e. The molecule has 5 rings (SSSR count). The Morgan fingerprint density at radius 1 is 0.968 bits per heavy atom. The highest BCUT2D eigenvalue weighted by atomic mass is 17.3. The van der Waals surface area contributed by atoms with E-state index in [0.717, 1.165) is 16.3 Å². The van der Waals surface area contributed by atoms with Crippen LogP contribution < -0.4 is 14.0 Å². The van der Waals surface area contributed by atoms with Gasteiger partial charge in [0.15, 0.2) is 11.9 Å². The number of hydrogen-bond donors (Lipinski definition) is 0. The first-order chi connectivity index (χ1) is 15.1. The first kappa shape index (κ1) is 21.0. The monoisotopic (exact) mass is 419 g/mol. The molecule has 6 heteroatoms. The fourth-order valence-corrected chi connectivity index (χ4v) is 3.34. The number of rotatable bonds is 5. The molecule has 160 valence electrons. The molecule has 0 aliphatic carbocycles. The van der Waals surface area contributed by atoms with Crippen LogP contribution in [-0.4, -0.2) is 11.1 Å². The maximum atomic E-state index is 6.33. The van der Waals surface area contributed by atoms with Crippen LogP contribution in [0.15, 0.2) is 73.1 Å². The molecule has 1 atom stereocenters. The number of aromatic nitrogens is 2. The van der Waals surface area contributed by atoms with Gasteiger partial charge in [0.25, 0.3) is 5.52 Å². The zero-order valence-electron chi connectivity index (χ0n) is 18.2. The number of nitrogens with zero attached hydrogens (tertiary/aromatic N) is 2. The van der Waals surface area contributed by atoms with E-state index < -0.39 is 6.10 Å². The molecule has 2 aromatic carbocycles. The van der Waals surface area contributed by atoms with Gasteiger partial charge in [-0.1, -0.05) is 54.0 Å². The largest absolute Gasteiger partial charge is 0.647 e. The van der Waals surface area contributed by atoms with E-state index in [0.29, 0.717) is 17.0 Å². The minimum Gasteiger partial charge on any atom is -0.370 e. The molecular formula is C25H27N2O4+. The number of para-hydroxylation sites is 2. The summed E-state index contributed by atoms with van der Waals surface area (Å²) in [4.78, 5) is 15.7. The average Bonchev–Trinajstić information content (AvgIpc) is 3.09. The second-order valence-corrected chi connectivity index (χ2v) is 7.57. The summed E-state index contributed by atoms with van der Waals surface area (Å²) in [6, 6.07) is 19.3. The molecule has 0 fully saturated rings. The summed E-state index contributed by atoms with van der Waals surface area (Å²) < 4.78 is 14.3. The quantitative estimate of drug-likeness (QED) is 0.185. The van der Waals surface area contributed by atoms with Crippen molar-refractivity contribution >= 4 is 21.8 Å². The van der Waals surface area contributed by atoms with Gasteiger partial charge in [-0.2, -0.15) is 0 Å². The smallest absolute Gasteiger partial charge is 0.370 e. The molecular weight excluding hydrogens is 392 g/mol. The molecule has 1 aliphatic rings. The van der Waals surface area contributed by atoms with Crippen LogP contribution in [0.4, 0.5) is 0 Å². The van der Waals surface area contributed by atoms with Crippen LogP contribution in [0.25, 0.3) is 21.8 Å². The third-order valence-corrected chi connectivity index (χ3v) is 4.50. The Bertz CT molecular complexity index is 1180. The third-order valence-electron chi connectivity index (χ3n) is 4.50. The fourth-order valence-electron chi connectivity index (χ4n) is 3.34. The zero-order valence-corrected chi connectivity index (χ0v) is 18.2. The Balaban J connectivity index is 0.000000730. The molecule has 0 bridgehead atoms. The lowest BCUT2D eigenvalue weighted by Gasteiger charge is -2.22. The summed E-state index contributed by atoms with van der Waals surface area (Å²) in [6.07, 6.45) is 3.00. The van der Waals surface area contributed by atoms with Crippen LogP contribution in [0.3, 0.4) is 0 Å². The SMILES string of the molecule is CC(C)OOC1(Oc2cccc3cccnc23)Oc2cccc3ccc[n+]1c23.CCC. The number of fused-ring (bicyclic) bond motifs is 1. The molecule has 0 saturated heterocycles. The predicted octanol–water partition coefficient (Wildman–Crippen LogP) is 5.49. The Hall–Kier alpha value is -3.22. The van der Waals surface area contributed by atoms with Crippen LogP contribution in [0.1, 0.15) is 34.1 Å². The number of ether oxygens (including phenoxy) is 2. The van der Waals surface area contributed by atoms with Crippen molar-refractivity contribution in [1.29, 1.82) is 0 Å². The van der Waals surface area contributed by atoms with Gasteiger partial charge in [0.1, 0.15) is 5.52 Å². The Labute approximate surface area is 181 Å². The van der Waals surface area contributed by atoms with E-state index in [1.54, 1.807) is 10.8 Å². The van der Waals surface area contributed by atoms with Gasteiger partial charge in [-0.3, -0.25) is 4.98 Å². The summed E-state index contributed by atoms with van der Waals surface area (Å²) in [7, 11) is 0. The molecule has 3 heterocycles. The molecule has 0 saturated carbocycles. The highest BCUT2D eigenvalue weighted by molar-refractivity contribution is 5.84. The van der Waals surface area contributed by atoms with Crippen molar-refractivity contribution in [1.82, 2.24) is 4.98 Å². The minimum atomic E-state index is -1.64. The van der Waals surface area contributed by atoms with Crippen molar-refractivity contribution in [3.63, 3.8) is 0 Å². The lowest BCUT2D eigenvalue weighted by molar-refractivity contribution is -0.886. The van der Waals surface area contributed by atoms with Crippen LogP contribution in [-0.2, 0) is 15.9 Å². The summed E-state index contributed by atoms with van der Waals surface area (Å²) in [5.74, 6) is 1.18. The first-order valence-electron chi connectivity index (χ1n) is 10.6. The number of benzene rings is 2. The van der Waals surface area contributed by atoms with E-state index in [2.05, 4.69) is 18.8 Å². The molecule has 1 unspecified atom stereocenters. The lowest BCUT2D eigenvalue weighted by Crippen LogP contribution is -2.62. The van der Waals surface area contributed by atoms with Crippen molar-refractivity contribution in [3.8, 4) is 11.5 Å². The minimum absolute atomic E-state index is 0.182. The summed E-state index contributed by atoms with van der Waals surface area (Å²) in [5, 5.41) is 1.97. The Morgan fingerprint density at radius 2 is 1.68 bits per heavy atom. The molecule has 0 spiro atoms. The normalized spacial score (nSPS) is 16.8. The highest BCUT2D eigenvalue weighted by Gasteiger charge is 2.58. The summed E-state index contributed by atoms with van der Waals surface area (Å²) in [6.45, 7) is 8.00. The third kappa shape index (κ3) is 4.04. The molecule has 0 amide bonds. The van der Waals surface area contributed by atoms with Crippen molar-refractivity contribution in [2.45, 2.75) is 46.3 Å². The lowest BCUT2D eigenvalue weighted by atomic mass is 10.2. The average molecular weight is 420 g/mol. The topological polar surface area (TPSA) is 53.7 Å². The van der Waals surface area contributed by atoms with Crippen LogP contribution in [0.2, 0.25) is 0 Å². The van der Waals surface area contributed by atoms with Gasteiger partial charge in [0.2, 0.25) is 5.75 Å². The van der Waals surface area contributed by atoms with Crippen LogP contribution >= 0.6 is 0 Å². The Morgan fingerprint density at radius 3 is 2.48 bits per heavy atom. The van der Waals surface area contributed by atoms with Crippen LogP contribution in [0, 0.1) is 0 Å². The molecule has 2 aromatic heterocycles. The highest BCUT2D eigenvalue weighted by Crippen LogP contribution is 2.37. The maximum absolute atomic E-state index is 6.33. The molecule has 0 N–H and O–H groups in total. The van der Waals surface area contributed by atoms with E-state index >= 15 is 0 Å². The van der Waals surface area contributed by atoms with Gasteiger partial charge in [-0.05, 0) is 44.2 Å². The molecule has 6 nitrogen and oxygen atoms in total.